The predicted octanol–water partition coefficient (Wildman–Crippen LogP) is 3.64. The van der Waals surface area contributed by atoms with Crippen LogP contribution in [0.2, 0.25) is 0 Å². The van der Waals surface area contributed by atoms with E-state index in [9.17, 15) is 14.4 Å². The highest BCUT2D eigenvalue weighted by Gasteiger charge is 2.33. The number of amides is 3. The molecule has 2 aromatic rings. The molecule has 3 amide bonds. The van der Waals surface area contributed by atoms with E-state index in [4.69, 9.17) is 14.2 Å². The zero-order valence-electron chi connectivity index (χ0n) is 17.9. The molecule has 1 heterocycles. The molecule has 1 saturated heterocycles. The molecular weight excluding hydrogens is 527 g/mol. The van der Waals surface area contributed by atoms with Crippen molar-refractivity contribution in [1.82, 2.24) is 10.2 Å². The topological polar surface area (TPSA) is 94.2 Å². The fourth-order valence-corrected chi connectivity index (χ4v) is 3.95. The summed E-state index contributed by atoms with van der Waals surface area (Å²) in [7, 11) is 1.48. The van der Waals surface area contributed by atoms with Crippen LogP contribution in [0.1, 0.15) is 23.6 Å². The summed E-state index contributed by atoms with van der Waals surface area (Å²) in [5.74, 6) is -0.106. The lowest BCUT2D eigenvalue weighted by Crippen LogP contribution is -2.30. The van der Waals surface area contributed by atoms with Gasteiger partial charge in [0.1, 0.15) is 5.70 Å². The predicted molar refractivity (Wildman–Crippen MR) is 126 cm³/mol. The molecule has 2 aromatic carbocycles. The first-order valence-electron chi connectivity index (χ1n) is 9.88. The van der Waals surface area contributed by atoms with Crippen LogP contribution < -0.4 is 14.8 Å². The lowest BCUT2D eigenvalue weighted by atomic mass is 10.1. The minimum Gasteiger partial charge on any atom is -0.493 e. The highest BCUT2D eigenvalue weighted by molar-refractivity contribution is 14.1. The normalized spacial score (nSPS) is 14.5. The Kier molecular flexibility index (Phi) is 7.73. The summed E-state index contributed by atoms with van der Waals surface area (Å²) in [6.45, 7) is 3.88. The zero-order chi connectivity index (χ0) is 23.3. The van der Waals surface area contributed by atoms with Crippen molar-refractivity contribution >= 4 is 46.6 Å². The maximum atomic E-state index is 12.8. The van der Waals surface area contributed by atoms with Crippen LogP contribution in [0.15, 0.2) is 42.1 Å². The van der Waals surface area contributed by atoms with Gasteiger partial charge in [-0.3, -0.25) is 9.69 Å². The van der Waals surface area contributed by atoms with Gasteiger partial charge in [-0.15, -0.1) is 0 Å². The molecule has 8 nitrogen and oxygen atoms in total. The van der Waals surface area contributed by atoms with E-state index in [-0.39, 0.29) is 25.5 Å². The van der Waals surface area contributed by atoms with E-state index >= 15 is 0 Å². The number of hydrogen-bond acceptors (Lipinski definition) is 6. The van der Waals surface area contributed by atoms with E-state index in [1.165, 1.54) is 12.0 Å². The van der Waals surface area contributed by atoms with Crippen LogP contribution in [-0.4, -0.2) is 43.1 Å². The summed E-state index contributed by atoms with van der Waals surface area (Å²) in [6, 6.07) is 10.6. The molecular formula is C23H23IN2O6. The van der Waals surface area contributed by atoms with Crippen LogP contribution in [0.25, 0.3) is 6.08 Å². The number of carbonyl (C=O) groups is 3. The van der Waals surface area contributed by atoms with Gasteiger partial charge in [0, 0.05) is 0 Å². The average molecular weight is 550 g/mol. The van der Waals surface area contributed by atoms with Crippen molar-refractivity contribution in [3.05, 3.63) is 62.4 Å². The van der Waals surface area contributed by atoms with E-state index < -0.39 is 17.9 Å². The lowest BCUT2D eigenvalue weighted by Gasteiger charge is -2.13. The second-order valence-electron chi connectivity index (χ2n) is 7.00. The minimum atomic E-state index is -0.482. The van der Waals surface area contributed by atoms with Gasteiger partial charge in [0.15, 0.2) is 18.1 Å². The van der Waals surface area contributed by atoms with Crippen LogP contribution >= 0.6 is 22.6 Å². The third-order valence-corrected chi connectivity index (χ3v) is 5.39. The monoisotopic (exact) mass is 550 g/mol. The molecule has 3 rings (SSSR count). The number of carbonyl (C=O) groups excluding carboxylic acids is 3. The van der Waals surface area contributed by atoms with Gasteiger partial charge in [0.25, 0.3) is 5.91 Å². The quantitative estimate of drug-likeness (QED) is 0.234. The summed E-state index contributed by atoms with van der Waals surface area (Å²) < 4.78 is 16.5. The first-order chi connectivity index (χ1) is 15.3. The Bertz CT molecular complexity index is 1080. The number of urea groups is 1. The maximum absolute atomic E-state index is 12.8. The Hall–Kier alpha value is -3.08. The van der Waals surface area contributed by atoms with Crippen LogP contribution in [0.3, 0.4) is 0 Å². The molecule has 0 atom stereocenters. The summed E-state index contributed by atoms with van der Waals surface area (Å²) in [6.07, 6.45) is 1.58. The highest BCUT2D eigenvalue weighted by Crippen LogP contribution is 2.35. The molecule has 0 bridgehead atoms. The number of nitrogens with one attached hydrogen (secondary N) is 1. The van der Waals surface area contributed by atoms with Crippen molar-refractivity contribution in [1.29, 1.82) is 0 Å². The number of hydrogen-bond donors (Lipinski definition) is 1. The molecule has 168 valence electrons. The molecule has 0 aliphatic carbocycles. The van der Waals surface area contributed by atoms with Crippen LogP contribution in [0, 0.1) is 10.5 Å². The Morgan fingerprint density at radius 3 is 2.69 bits per heavy atom. The number of nitrogens with zero attached hydrogens (tertiary/aromatic N) is 1. The van der Waals surface area contributed by atoms with Crippen LogP contribution in [0.5, 0.6) is 11.5 Å². The number of methoxy groups -OCH3 is 1. The molecule has 0 unspecified atom stereocenters. The Balaban J connectivity index is 1.80. The molecule has 0 spiro atoms. The molecule has 0 radical (unpaired) electrons. The third-order valence-electron chi connectivity index (χ3n) is 4.59. The van der Waals surface area contributed by atoms with E-state index in [1.807, 2.05) is 31.2 Å². The second-order valence-corrected chi connectivity index (χ2v) is 8.16. The molecule has 1 fully saturated rings. The second kappa shape index (κ2) is 10.5. The van der Waals surface area contributed by atoms with Crippen molar-refractivity contribution in [3.8, 4) is 11.5 Å². The Labute approximate surface area is 199 Å². The fraction of sp³-hybridized carbons (Fsp3) is 0.261. The van der Waals surface area contributed by atoms with Gasteiger partial charge in [0.2, 0.25) is 0 Å². The van der Waals surface area contributed by atoms with E-state index in [1.54, 1.807) is 25.1 Å². The Morgan fingerprint density at radius 2 is 2.00 bits per heavy atom. The minimum absolute atomic E-state index is 0.167. The van der Waals surface area contributed by atoms with E-state index in [0.717, 1.165) is 11.1 Å². The van der Waals surface area contributed by atoms with Crippen molar-refractivity contribution in [2.75, 3.05) is 20.3 Å². The summed E-state index contributed by atoms with van der Waals surface area (Å²) in [5.41, 5.74) is 2.72. The number of ether oxygens (including phenoxy) is 3. The van der Waals surface area contributed by atoms with E-state index in [2.05, 4.69) is 27.9 Å². The van der Waals surface area contributed by atoms with Crippen molar-refractivity contribution < 1.29 is 28.6 Å². The smallest absolute Gasteiger partial charge is 0.344 e. The number of aryl methyl sites for hydroxylation is 1. The van der Waals surface area contributed by atoms with E-state index in [0.29, 0.717) is 20.6 Å². The lowest BCUT2D eigenvalue weighted by molar-refractivity contribution is -0.145. The third kappa shape index (κ3) is 5.58. The number of imide groups is 1. The van der Waals surface area contributed by atoms with Gasteiger partial charge in [-0.25, -0.2) is 9.59 Å². The molecule has 1 aliphatic rings. The molecule has 0 aromatic heterocycles. The van der Waals surface area contributed by atoms with Crippen molar-refractivity contribution in [3.63, 3.8) is 0 Å². The number of benzene rings is 2. The molecule has 32 heavy (non-hydrogen) atoms. The maximum Gasteiger partial charge on any atom is 0.344 e. The van der Waals surface area contributed by atoms with Gasteiger partial charge in [-0.1, -0.05) is 29.8 Å². The summed E-state index contributed by atoms with van der Waals surface area (Å²) in [5, 5.41) is 2.63. The van der Waals surface area contributed by atoms with Gasteiger partial charge in [-0.05, 0) is 65.8 Å². The van der Waals surface area contributed by atoms with Gasteiger partial charge in [-0.2, -0.15) is 0 Å². The first kappa shape index (κ1) is 23.6. The van der Waals surface area contributed by atoms with Gasteiger partial charge in [0.05, 0.1) is 23.8 Å². The van der Waals surface area contributed by atoms with Crippen molar-refractivity contribution in [2.45, 2.75) is 20.4 Å². The number of esters is 1. The standard InChI is InChI=1S/C23H23IN2O6/c1-4-31-20(27)13-32-21-17(24)9-16(11-19(21)30-3)10-18-22(28)26(23(29)25-18)12-15-7-5-6-14(2)8-15/h5-11H,4,12-13H2,1-3H3,(H,25,29)/b18-10+. The van der Waals surface area contributed by atoms with Gasteiger partial charge < -0.3 is 19.5 Å². The highest BCUT2D eigenvalue weighted by atomic mass is 127. The summed E-state index contributed by atoms with van der Waals surface area (Å²) >= 11 is 2.05. The van der Waals surface area contributed by atoms with Crippen LogP contribution in [-0.2, 0) is 20.9 Å². The fourth-order valence-electron chi connectivity index (χ4n) is 3.17. The number of rotatable bonds is 8. The average Bonchev–Trinajstić information content (AvgIpc) is 3.00. The number of halogens is 1. The SMILES string of the molecule is CCOC(=O)COc1c(I)cc(/C=C2/NC(=O)N(Cc3cccc(C)c3)C2=O)cc1OC. The van der Waals surface area contributed by atoms with Crippen LogP contribution in [0.4, 0.5) is 4.79 Å². The molecule has 9 heteroatoms. The summed E-state index contributed by atoms with van der Waals surface area (Å²) in [4.78, 5) is 38.0. The molecule has 1 aliphatic heterocycles. The largest absolute Gasteiger partial charge is 0.493 e. The van der Waals surface area contributed by atoms with Crippen molar-refractivity contribution in [2.24, 2.45) is 0 Å². The molecule has 1 N–H and O–H groups in total. The van der Waals surface area contributed by atoms with Gasteiger partial charge >= 0.3 is 12.0 Å². The molecule has 0 saturated carbocycles. The zero-order valence-corrected chi connectivity index (χ0v) is 20.1. The Morgan fingerprint density at radius 1 is 1.22 bits per heavy atom. The first-order valence-corrected chi connectivity index (χ1v) is 11.0.